The maximum Gasteiger partial charge on any atom is 0.193 e. The molecule has 0 spiro atoms. The lowest BCUT2D eigenvalue weighted by Crippen LogP contribution is -2.10. The van der Waals surface area contributed by atoms with Crippen LogP contribution in [0.25, 0.3) is 11.1 Å². The number of carbonyl (C=O) groups is 1. The number of hydrogen-bond donors (Lipinski definition) is 0. The number of para-hydroxylation sites is 2. The molecule has 0 bridgehead atoms. The topological polar surface area (TPSA) is 32.8 Å². The van der Waals surface area contributed by atoms with Gasteiger partial charge in [-0.25, -0.2) is 0 Å². The Balaban J connectivity index is 1.16. The Kier molecular flexibility index (Phi) is 9.02. The summed E-state index contributed by atoms with van der Waals surface area (Å²) in [5.41, 5.74) is 11.0. The van der Waals surface area contributed by atoms with Gasteiger partial charge in [0.25, 0.3) is 0 Å². The Morgan fingerprint density at radius 3 is 1.12 bits per heavy atom. The number of methoxy groups -OCH3 is 1. The van der Waals surface area contributed by atoms with E-state index in [2.05, 4.69) is 107 Å². The Morgan fingerprint density at radius 2 is 0.735 bits per heavy atom. The van der Waals surface area contributed by atoms with Crippen LogP contribution in [-0.2, 0) is 0 Å². The zero-order chi connectivity index (χ0) is 33.6. The fourth-order valence-corrected chi connectivity index (χ4v) is 6.02. The molecule has 0 saturated carbocycles. The van der Waals surface area contributed by atoms with E-state index in [1.54, 1.807) is 7.11 Å². The van der Waals surface area contributed by atoms with Crippen LogP contribution in [0.1, 0.15) is 21.5 Å². The fraction of sp³-hybridized carbons (Fsp3) is 0.0444. The molecule has 49 heavy (non-hydrogen) atoms. The highest BCUT2D eigenvalue weighted by atomic mass is 16.5. The van der Waals surface area contributed by atoms with Crippen molar-refractivity contribution in [3.05, 3.63) is 199 Å². The van der Waals surface area contributed by atoms with Crippen molar-refractivity contribution in [2.75, 3.05) is 16.9 Å². The zero-order valence-corrected chi connectivity index (χ0v) is 27.5. The molecule has 7 aromatic rings. The van der Waals surface area contributed by atoms with Gasteiger partial charge < -0.3 is 14.5 Å². The molecule has 0 heterocycles. The minimum Gasteiger partial charge on any atom is -0.497 e. The number of nitrogens with zero attached hydrogens (tertiary/aromatic N) is 2. The minimum atomic E-state index is 0.0177. The first-order valence-corrected chi connectivity index (χ1v) is 16.3. The van der Waals surface area contributed by atoms with E-state index in [1.165, 1.54) is 0 Å². The lowest BCUT2D eigenvalue weighted by molar-refractivity contribution is 0.103. The van der Waals surface area contributed by atoms with Crippen molar-refractivity contribution >= 4 is 39.9 Å². The summed E-state index contributed by atoms with van der Waals surface area (Å²) in [4.78, 5) is 17.6. The average molecular weight is 637 g/mol. The number of carbonyl (C=O) groups excluding carboxylic acids is 1. The predicted octanol–water partition coefficient (Wildman–Crippen LogP) is 11.8. The van der Waals surface area contributed by atoms with Crippen molar-refractivity contribution < 1.29 is 9.53 Å². The maximum atomic E-state index is 13.2. The molecule has 0 radical (unpaired) electrons. The third-order valence-corrected chi connectivity index (χ3v) is 8.65. The third kappa shape index (κ3) is 6.85. The van der Waals surface area contributed by atoms with Gasteiger partial charge in [-0.3, -0.25) is 4.79 Å². The third-order valence-electron chi connectivity index (χ3n) is 8.65. The number of benzene rings is 7. The molecule has 238 valence electrons. The molecule has 7 rings (SSSR count). The molecular weight excluding hydrogens is 601 g/mol. The summed E-state index contributed by atoms with van der Waals surface area (Å²) in [7, 11) is 1.68. The Bertz CT molecular complexity index is 2130. The summed E-state index contributed by atoms with van der Waals surface area (Å²) in [6.45, 7) is 2.02. The van der Waals surface area contributed by atoms with Crippen LogP contribution in [0.4, 0.5) is 34.1 Å². The van der Waals surface area contributed by atoms with Gasteiger partial charge in [-0.15, -0.1) is 0 Å². The summed E-state index contributed by atoms with van der Waals surface area (Å²) in [6, 6.07) is 61.6. The number of rotatable bonds is 10. The highest BCUT2D eigenvalue weighted by molar-refractivity contribution is 6.09. The second-order valence-corrected chi connectivity index (χ2v) is 11.9. The van der Waals surface area contributed by atoms with Crippen LogP contribution in [-0.4, -0.2) is 12.9 Å². The van der Waals surface area contributed by atoms with Crippen molar-refractivity contribution in [3.8, 4) is 16.9 Å². The van der Waals surface area contributed by atoms with Crippen molar-refractivity contribution in [2.45, 2.75) is 6.92 Å². The monoisotopic (exact) mass is 636 g/mol. The van der Waals surface area contributed by atoms with Crippen LogP contribution in [0.5, 0.6) is 5.75 Å². The van der Waals surface area contributed by atoms with Crippen molar-refractivity contribution in [1.82, 2.24) is 0 Å². The number of aryl methyl sites for hydroxylation is 1. The predicted molar refractivity (Wildman–Crippen MR) is 202 cm³/mol. The summed E-state index contributed by atoms with van der Waals surface area (Å²) in [5, 5.41) is 0. The summed E-state index contributed by atoms with van der Waals surface area (Å²) in [6.07, 6.45) is 0. The molecule has 0 N–H and O–H groups in total. The quantitative estimate of drug-likeness (QED) is 0.140. The second-order valence-electron chi connectivity index (χ2n) is 11.9. The molecule has 0 aliphatic heterocycles. The molecule has 7 aromatic carbocycles. The normalized spacial score (nSPS) is 10.7. The summed E-state index contributed by atoms with van der Waals surface area (Å²) >= 11 is 0. The van der Waals surface area contributed by atoms with Crippen molar-refractivity contribution in [2.24, 2.45) is 0 Å². The van der Waals surface area contributed by atoms with Gasteiger partial charge in [-0.1, -0.05) is 90.5 Å². The highest BCUT2D eigenvalue weighted by Gasteiger charge is 2.16. The van der Waals surface area contributed by atoms with E-state index in [4.69, 9.17) is 4.74 Å². The van der Waals surface area contributed by atoms with Gasteiger partial charge >= 0.3 is 0 Å². The molecule has 0 amide bonds. The first kappa shape index (κ1) is 31.2. The molecule has 0 aliphatic rings. The van der Waals surface area contributed by atoms with Gasteiger partial charge in [0, 0.05) is 45.3 Å². The Morgan fingerprint density at radius 1 is 0.408 bits per heavy atom. The molecular formula is C45H36N2O2. The number of anilines is 6. The largest absolute Gasteiger partial charge is 0.497 e. The van der Waals surface area contributed by atoms with Gasteiger partial charge in [0.15, 0.2) is 5.78 Å². The first-order valence-electron chi connectivity index (χ1n) is 16.3. The maximum absolute atomic E-state index is 13.2. The van der Waals surface area contributed by atoms with E-state index in [-0.39, 0.29) is 5.78 Å². The minimum absolute atomic E-state index is 0.0177. The number of ether oxygens (including phenoxy) is 1. The number of ketones is 1. The van der Waals surface area contributed by atoms with Gasteiger partial charge in [-0.2, -0.15) is 0 Å². The van der Waals surface area contributed by atoms with Gasteiger partial charge in [0.1, 0.15) is 5.75 Å². The van der Waals surface area contributed by atoms with Gasteiger partial charge in [0.05, 0.1) is 7.11 Å². The highest BCUT2D eigenvalue weighted by Crippen LogP contribution is 2.38. The van der Waals surface area contributed by atoms with Crippen LogP contribution >= 0.6 is 0 Å². The smallest absolute Gasteiger partial charge is 0.193 e. The molecule has 4 nitrogen and oxygen atoms in total. The van der Waals surface area contributed by atoms with E-state index >= 15 is 0 Å². The zero-order valence-electron chi connectivity index (χ0n) is 27.5. The molecule has 0 aromatic heterocycles. The van der Waals surface area contributed by atoms with E-state index in [0.717, 1.165) is 56.6 Å². The molecule has 0 atom stereocenters. The van der Waals surface area contributed by atoms with E-state index in [1.807, 2.05) is 91.9 Å². The standard InChI is InChI=1S/C45H36N2O2/c1-33-13-15-36(16-14-33)45(48)37-21-27-42(28-22-37)46(38-9-5-3-6-10-38)40-23-17-34(18-24-40)35-19-25-41(26-20-35)47(39-11-7-4-8-12-39)43-29-31-44(49-2)32-30-43/h3-32H,1-2H3. The molecule has 4 heteroatoms. The van der Waals surface area contributed by atoms with Crippen LogP contribution in [0.15, 0.2) is 182 Å². The van der Waals surface area contributed by atoms with E-state index in [9.17, 15) is 4.79 Å². The summed E-state index contributed by atoms with van der Waals surface area (Å²) in [5.74, 6) is 0.843. The molecule has 0 fully saturated rings. The van der Waals surface area contributed by atoms with Crippen molar-refractivity contribution in [1.29, 1.82) is 0 Å². The second kappa shape index (κ2) is 14.2. The molecule has 0 saturated heterocycles. The summed E-state index contributed by atoms with van der Waals surface area (Å²) < 4.78 is 5.40. The molecule has 0 aliphatic carbocycles. The van der Waals surface area contributed by atoms with Crippen LogP contribution in [0, 0.1) is 6.92 Å². The van der Waals surface area contributed by atoms with E-state index in [0.29, 0.717) is 11.1 Å². The van der Waals surface area contributed by atoms with Gasteiger partial charge in [0.2, 0.25) is 0 Å². The number of hydrogen-bond acceptors (Lipinski definition) is 4. The molecule has 0 unspecified atom stereocenters. The van der Waals surface area contributed by atoms with Crippen LogP contribution in [0.3, 0.4) is 0 Å². The SMILES string of the molecule is COc1ccc(N(c2ccccc2)c2ccc(-c3ccc(N(c4ccccc4)c4ccc(C(=O)c5ccc(C)cc5)cc4)cc3)cc2)cc1. The van der Waals surface area contributed by atoms with Crippen molar-refractivity contribution in [3.63, 3.8) is 0 Å². The Labute approximate surface area is 288 Å². The lowest BCUT2D eigenvalue weighted by atomic mass is 10.0. The Hall–Kier alpha value is -6.39. The van der Waals surface area contributed by atoms with Crippen LogP contribution in [0.2, 0.25) is 0 Å². The fourth-order valence-electron chi connectivity index (χ4n) is 6.02. The van der Waals surface area contributed by atoms with E-state index < -0.39 is 0 Å². The van der Waals surface area contributed by atoms with Gasteiger partial charge in [-0.05, 0) is 115 Å². The first-order chi connectivity index (χ1) is 24.1. The van der Waals surface area contributed by atoms with Crippen LogP contribution < -0.4 is 14.5 Å². The average Bonchev–Trinajstić information content (AvgIpc) is 3.17. The lowest BCUT2D eigenvalue weighted by Gasteiger charge is -2.26.